The highest BCUT2D eigenvalue weighted by molar-refractivity contribution is 9.10. The third kappa shape index (κ3) is 6.30. The Kier molecular flexibility index (Phi) is 8.20. The summed E-state index contributed by atoms with van der Waals surface area (Å²) in [5.74, 6) is 0.0947. The van der Waals surface area contributed by atoms with Gasteiger partial charge < -0.3 is 15.8 Å². The number of benzene rings is 2. The van der Waals surface area contributed by atoms with Crippen LogP contribution in [0.1, 0.15) is 51.3 Å². The topological polar surface area (TPSA) is 89.3 Å². The summed E-state index contributed by atoms with van der Waals surface area (Å²) in [7, 11) is -1.19. The minimum atomic E-state index is -2.92. The van der Waals surface area contributed by atoms with Crippen LogP contribution in [-0.2, 0) is 23.1 Å². The number of rotatable bonds is 9. The van der Waals surface area contributed by atoms with Crippen molar-refractivity contribution in [2.24, 2.45) is 0 Å². The van der Waals surface area contributed by atoms with Crippen molar-refractivity contribution in [1.29, 1.82) is 0 Å². The second-order valence-corrected chi connectivity index (χ2v) is 12.9. The number of nitrogen functional groups attached to an aromatic ring is 1. The lowest BCUT2D eigenvalue weighted by molar-refractivity contribution is -0.0504. The van der Waals surface area contributed by atoms with E-state index in [1.165, 1.54) is 6.07 Å². The summed E-state index contributed by atoms with van der Waals surface area (Å²) >= 11 is 3.41. The number of nitrogens with two attached hydrogens (primary N) is 1. The van der Waals surface area contributed by atoms with Crippen LogP contribution in [0.25, 0.3) is 11.1 Å². The first-order valence-corrected chi connectivity index (χ1v) is 13.9. The Balaban J connectivity index is 1.53. The Labute approximate surface area is 227 Å². The number of pyridine rings is 1. The third-order valence-electron chi connectivity index (χ3n) is 6.44. The molecule has 3 aromatic rings. The van der Waals surface area contributed by atoms with E-state index in [0.717, 1.165) is 36.1 Å². The maximum Gasteiger partial charge on any atom is 0.387 e. The molecule has 0 amide bonds. The van der Waals surface area contributed by atoms with E-state index in [2.05, 4.69) is 30.7 Å². The number of alkyl halides is 2. The molecule has 10 heteroatoms. The van der Waals surface area contributed by atoms with Gasteiger partial charge in [0.25, 0.3) is 0 Å². The molecule has 0 unspecified atom stereocenters. The van der Waals surface area contributed by atoms with Crippen molar-refractivity contribution in [2.45, 2.75) is 63.5 Å². The second kappa shape index (κ2) is 11.0. The smallest absolute Gasteiger partial charge is 0.387 e. The molecule has 1 atom stereocenters. The van der Waals surface area contributed by atoms with E-state index in [-0.39, 0.29) is 22.6 Å². The molecule has 6 nitrogen and oxygen atoms in total. The van der Waals surface area contributed by atoms with Gasteiger partial charge in [-0.05, 0) is 75.9 Å². The zero-order valence-corrected chi connectivity index (χ0v) is 23.4. The Morgan fingerprint density at radius 2 is 1.89 bits per heavy atom. The summed E-state index contributed by atoms with van der Waals surface area (Å²) in [5, 5.41) is 3.24. The van der Waals surface area contributed by atoms with Crippen molar-refractivity contribution in [3.8, 4) is 16.9 Å². The lowest BCUT2D eigenvalue weighted by Gasteiger charge is -2.43. The minimum Gasteiger partial charge on any atom is -0.434 e. The molecule has 37 heavy (non-hydrogen) atoms. The SMILES string of the molecule is CC(C)(C)[S@](=O)NC1(c2ccc(-c3ccc(N)c(NCc4c(Br)cccc4OC(F)F)c3)cn2)CCC1. The number of nitrogens with zero attached hydrogens (tertiary/aromatic N) is 1. The Morgan fingerprint density at radius 1 is 1.16 bits per heavy atom. The highest BCUT2D eigenvalue weighted by atomic mass is 79.9. The molecule has 1 fully saturated rings. The number of nitrogens with one attached hydrogen (secondary N) is 2. The quantitative estimate of drug-likeness (QED) is 0.239. The van der Waals surface area contributed by atoms with Crippen LogP contribution in [0.15, 0.2) is 59.2 Å². The normalized spacial score (nSPS) is 15.8. The van der Waals surface area contributed by atoms with Crippen molar-refractivity contribution in [3.63, 3.8) is 0 Å². The van der Waals surface area contributed by atoms with Gasteiger partial charge in [-0.15, -0.1) is 0 Å². The highest BCUT2D eigenvalue weighted by Crippen LogP contribution is 2.42. The van der Waals surface area contributed by atoms with E-state index in [0.29, 0.717) is 21.4 Å². The van der Waals surface area contributed by atoms with Crippen LogP contribution in [0.4, 0.5) is 20.2 Å². The van der Waals surface area contributed by atoms with Crippen molar-refractivity contribution >= 4 is 38.3 Å². The van der Waals surface area contributed by atoms with Gasteiger partial charge in [0.2, 0.25) is 0 Å². The van der Waals surface area contributed by atoms with Gasteiger partial charge >= 0.3 is 6.61 Å². The standard InChI is InChI=1S/C27H31BrF2N4O2S/c1-26(2,3)37(35)34-27(12-5-13-27)24-11-9-18(15-33-24)17-8-10-21(31)22(14-17)32-16-19-20(28)6-4-7-23(19)36-25(29)30/h4,6-11,14-15,25,32,34H,5,12-13,16,31H2,1-3H3/t37-/m0/s1. The third-order valence-corrected chi connectivity index (χ3v) is 8.87. The molecule has 1 aliphatic rings. The molecule has 4 N–H and O–H groups in total. The van der Waals surface area contributed by atoms with E-state index < -0.39 is 17.6 Å². The van der Waals surface area contributed by atoms with Crippen LogP contribution < -0.4 is 20.5 Å². The number of aromatic nitrogens is 1. The minimum absolute atomic E-state index is 0.0947. The van der Waals surface area contributed by atoms with E-state index in [1.807, 2.05) is 51.2 Å². The monoisotopic (exact) mass is 592 g/mol. The zero-order valence-electron chi connectivity index (χ0n) is 21.0. The second-order valence-electron chi connectivity index (χ2n) is 10.1. The summed E-state index contributed by atoms with van der Waals surface area (Å²) in [5.41, 5.74) is 10.3. The van der Waals surface area contributed by atoms with Crippen molar-refractivity contribution in [3.05, 3.63) is 70.5 Å². The fourth-order valence-corrected chi connectivity index (χ4v) is 5.57. The maximum atomic E-state index is 12.8. The van der Waals surface area contributed by atoms with Gasteiger partial charge in [-0.25, -0.2) is 8.93 Å². The van der Waals surface area contributed by atoms with Gasteiger partial charge in [0.05, 0.1) is 38.3 Å². The van der Waals surface area contributed by atoms with Gasteiger partial charge in [-0.3, -0.25) is 4.98 Å². The van der Waals surface area contributed by atoms with E-state index in [9.17, 15) is 13.0 Å². The summed E-state index contributed by atoms with van der Waals surface area (Å²) in [6.45, 7) is 3.17. The number of hydrogen-bond donors (Lipinski definition) is 3. The first-order chi connectivity index (χ1) is 17.5. The fourth-order valence-electron chi connectivity index (χ4n) is 4.11. The number of halogens is 3. The molecular formula is C27H31BrF2N4O2S. The molecule has 0 radical (unpaired) electrons. The maximum absolute atomic E-state index is 12.8. The lowest BCUT2D eigenvalue weighted by atomic mass is 9.75. The van der Waals surface area contributed by atoms with Crippen LogP contribution in [0.3, 0.4) is 0 Å². The average Bonchev–Trinajstić information content (AvgIpc) is 2.81. The molecule has 0 aliphatic heterocycles. The molecule has 198 valence electrons. The molecular weight excluding hydrogens is 562 g/mol. The first kappa shape index (κ1) is 27.5. The number of ether oxygens (including phenoxy) is 1. The van der Waals surface area contributed by atoms with Gasteiger partial charge in [0.1, 0.15) is 5.75 Å². The van der Waals surface area contributed by atoms with Crippen LogP contribution >= 0.6 is 15.9 Å². The van der Waals surface area contributed by atoms with Crippen molar-refractivity contribution < 1.29 is 17.7 Å². The van der Waals surface area contributed by atoms with Crippen molar-refractivity contribution in [1.82, 2.24) is 9.71 Å². The van der Waals surface area contributed by atoms with E-state index >= 15 is 0 Å². The van der Waals surface area contributed by atoms with Gasteiger partial charge in [-0.2, -0.15) is 8.78 Å². The number of hydrogen-bond acceptors (Lipinski definition) is 5. The largest absolute Gasteiger partial charge is 0.434 e. The first-order valence-electron chi connectivity index (χ1n) is 12.0. The number of anilines is 2. The molecule has 1 aromatic heterocycles. The fraction of sp³-hybridized carbons (Fsp3) is 0.370. The zero-order chi connectivity index (χ0) is 26.8. The lowest BCUT2D eigenvalue weighted by Crippen LogP contribution is -2.52. The summed E-state index contributed by atoms with van der Waals surface area (Å²) in [4.78, 5) is 4.74. The van der Waals surface area contributed by atoms with Gasteiger partial charge in [0, 0.05) is 28.3 Å². The molecule has 0 bridgehead atoms. The van der Waals surface area contributed by atoms with Gasteiger partial charge in [-0.1, -0.05) is 34.1 Å². The predicted molar refractivity (Wildman–Crippen MR) is 149 cm³/mol. The molecule has 1 aliphatic carbocycles. The molecule has 0 saturated heterocycles. The average molecular weight is 594 g/mol. The van der Waals surface area contributed by atoms with Crippen LogP contribution in [0, 0.1) is 0 Å². The van der Waals surface area contributed by atoms with Gasteiger partial charge in [0.15, 0.2) is 0 Å². The van der Waals surface area contributed by atoms with E-state index in [4.69, 9.17) is 10.7 Å². The Bertz CT molecular complexity index is 1280. The highest BCUT2D eigenvalue weighted by Gasteiger charge is 2.42. The van der Waals surface area contributed by atoms with Crippen LogP contribution in [0.5, 0.6) is 5.75 Å². The van der Waals surface area contributed by atoms with E-state index in [1.54, 1.807) is 18.2 Å². The molecule has 1 heterocycles. The van der Waals surface area contributed by atoms with Crippen LogP contribution in [-0.4, -0.2) is 20.6 Å². The molecule has 0 spiro atoms. The molecule has 2 aromatic carbocycles. The predicted octanol–water partition coefficient (Wildman–Crippen LogP) is 6.74. The Hall–Kier alpha value is -2.56. The summed E-state index contributed by atoms with van der Waals surface area (Å²) in [6.07, 6.45) is 4.66. The van der Waals surface area contributed by atoms with Crippen molar-refractivity contribution in [2.75, 3.05) is 11.1 Å². The van der Waals surface area contributed by atoms with Crippen LogP contribution in [0.2, 0.25) is 0 Å². The summed E-state index contributed by atoms with van der Waals surface area (Å²) in [6, 6.07) is 14.5. The Morgan fingerprint density at radius 3 is 2.49 bits per heavy atom. The summed E-state index contributed by atoms with van der Waals surface area (Å²) < 4.78 is 46.7. The molecule has 4 rings (SSSR count). The molecule has 1 saturated carbocycles.